The minimum atomic E-state index is -0.642. The summed E-state index contributed by atoms with van der Waals surface area (Å²) in [6.45, 7) is -0.0571. The Morgan fingerprint density at radius 1 is 1.00 bits per heavy atom. The van der Waals surface area contributed by atoms with Gasteiger partial charge in [-0.1, -0.05) is 54.6 Å². The van der Waals surface area contributed by atoms with Gasteiger partial charge in [-0.15, -0.1) is 0 Å². The van der Waals surface area contributed by atoms with Gasteiger partial charge >= 0.3 is 5.69 Å². The molecule has 1 atom stereocenters. The molecule has 1 heterocycles. The van der Waals surface area contributed by atoms with E-state index in [1.165, 1.54) is 13.2 Å². The first kappa shape index (κ1) is 22.2. The van der Waals surface area contributed by atoms with Gasteiger partial charge in [0.05, 0.1) is 19.3 Å². The number of aromatic nitrogens is 3. The molecule has 0 fully saturated rings. The van der Waals surface area contributed by atoms with Gasteiger partial charge in [0.1, 0.15) is 17.3 Å². The van der Waals surface area contributed by atoms with Crippen LogP contribution in [0.15, 0.2) is 88.5 Å². The second kappa shape index (κ2) is 9.62. The smallest absolute Gasteiger partial charge is 0.352 e. The molecule has 0 amide bonds. The number of hydrogen-bond acceptors (Lipinski definition) is 5. The molecule has 168 valence electrons. The molecule has 0 aliphatic carbocycles. The molecule has 0 bridgehead atoms. The molecule has 4 rings (SSSR count). The van der Waals surface area contributed by atoms with Gasteiger partial charge in [-0.05, 0) is 29.3 Å². The van der Waals surface area contributed by atoms with E-state index in [4.69, 9.17) is 10.5 Å². The largest absolute Gasteiger partial charge is 0.497 e. The lowest BCUT2D eigenvalue weighted by Crippen LogP contribution is -2.44. The second-order valence-electron chi connectivity index (χ2n) is 7.54. The van der Waals surface area contributed by atoms with Crippen LogP contribution in [0, 0.1) is 5.82 Å². The van der Waals surface area contributed by atoms with E-state index in [1.54, 1.807) is 42.5 Å². The predicted octanol–water partition coefficient (Wildman–Crippen LogP) is 2.83. The third-order valence-corrected chi connectivity index (χ3v) is 5.35. The van der Waals surface area contributed by atoms with Gasteiger partial charge in [-0.25, -0.2) is 9.18 Å². The van der Waals surface area contributed by atoms with Crippen molar-refractivity contribution < 1.29 is 9.13 Å². The zero-order valence-electron chi connectivity index (χ0n) is 18.0. The quantitative estimate of drug-likeness (QED) is 0.471. The van der Waals surface area contributed by atoms with Crippen molar-refractivity contribution in [2.24, 2.45) is 5.73 Å². The molecule has 8 heteroatoms. The van der Waals surface area contributed by atoms with Crippen LogP contribution in [0.5, 0.6) is 5.75 Å². The van der Waals surface area contributed by atoms with Crippen molar-refractivity contribution in [3.05, 3.63) is 122 Å². The third kappa shape index (κ3) is 4.75. The lowest BCUT2D eigenvalue weighted by Gasteiger charge is -2.16. The first-order chi connectivity index (χ1) is 16.0. The second-order valence-corrected chi connectivity index (χ2v) is 7.54. The van der Waals surface area contributed by atoms with Crippen LogP contribution in [0.4, 0.5) is 4.39 Å². The summed E-state index contributed by atoms with van der Waals surface area (Å²) in [5.41, 5.74) is 6.60. The summed E-state index contributed by atoms with van der Waals surface area (Å²) in [5, 5.41) is 4.30. The van der Waals surface area contributed by atoms with Gasteiger partial charge in [-0.3, -0.25) is 9.36 Å². The first-order valence-corrected chi connectivity index (χ1v) is 10.4. The van der Waals surface area contributed by atoms with E-state index in [1.807, 2.05) is 30.3 Å². The third-order valence-electron chi connectivity index (χ3n) is 5.35. The van der Waals surface area contributed by atoms with Gasteiger partial charge < -0.3 is 10.5 Å². The molecule has 33 heavy (non-hydrogen) atoms. The highest BCUT2D eigenvalue weighted by atomic mass is 19.1. The van der Waals surface area contributed by atoms with Crippen LogP contribution >= 0.6 is 0 Å². The maximum atomic E-state index is 14.3. The molecule has 2 N–H and O–H groups in total. The highest BCUT2D eigenvalue weighted by molar-refractivity contribution is 5.38. The van der Waals surface area contributed by atoms with Crippen LogP contribution in [0.1, 0.15) is 22.9 Å². The molecule has 0 spiro atoms. The fraction of sp³-hybridized carbons (Fsp3) is 0.160. The van der Waals surface area contributed by atoms with Crippen molar-refractivity contribution in [1.82, 2.24) is 14.3 Å². The molecule has 0 saturated carbocycles. The van der Waals surface area contributed by atoms with Crippen LogP contribution in [0.3, 0.4) is 0 Å². The summed E-state index contributed by atoms with van der Waals surface area (Å²) in [5.74, 6) is 0.0703. The summed E-state index contributed by atoms with van der Waals surface area (Å²) >= 11 is 0. The number of methoxy groups -OCH3 is 1. The molecule has 1 aromatic heterocycles. The Labute approximate surface area is 189 Å². The number of ether oxygens (including phenoxy) is 1. The number of hydrogen-bond donors (Lipinski definition) is 1. The van der Waals surface area contributed by atoms with Crippen molar-refractivity contribution in [3.8, 4) is 11.4 Å². The Morgan fingerprint density at radius 2 is 1.73 bits per heavy atom. The van der Waals surface area contributed by atoms with Crippen LogP contribution < -0.4 is 21.7 Å². The SMILES string of the molecule is COc1cccc(-n2nc(Cc3ccccc3F)c(=O)n(CC(N)c3ccccc3)c2=O)c1. The average molecular weight is 446 g/mol. The first-order valence-electron chi connectivity index (χ1n) is 10.4. The van der Waals surface area contributed by atoms with Crippen LogP contribution in [-0.4, -0.2) is 21.5 Å². The fourth-order valence-corrected chi connectivity index (χ4v) is 3.57. The molecule has 1 unspecified atom stereocenters. The zero-order chi connectivity index (χ0) is 23.4. The zero-order valence-corrected chi connectivity index (χ0v) is 18.0. The van der Waals surface area contributed by atoms with E-state index in [0.717, 1.165) is 14.8 Å². The summed E-state index contributed by atoms with van der Waals surface area (Å²) in [6.07, 6.45) is -0.0731. The van der Waals surface area contributed by atoms with Crippen molar-refractivity contribution >= 4 is 0 Å². The van der Waals surface area contributed by atoms with Crippen molar-refractivity contribution in [2.45, 2.75) is 19.0 Å². The molecule has 3 aromatic carbocycles. The Kier molecular flexibility index (Phi) is 6.46. The van der Waals surface area contributed by atoms with E-state index < -0.39 is 23.1 Å². The lowest BCUT2D eigenvalue weighted by atomic mass is 10.1. The molecule has 0 aliphatic heterocycles. The maximum absolute atomic E-state index is 14.3. The normalized spacial score (nSPS) is 11.8. The lowest BCUT2D eigenvalue weighted by molar-refractivity contribution is 0.414. The molecular weight excluding hydrogens is 423 g/mol. The summed E-state index contributed by atoms with van der Waals surface area (Å²) < 4.78 is 21.7. The Morgan fingerprint density at radius 3 is 2.45 bits per heavy atom. The molecule has 0 saturated heterocycles. The van der Waals surface area contributed by atoms with E-state index in [2.05, 4.69) is 5.10 Å². The van der Waals surface area contributed by atoms with Gasteiger partial charge in [-0.2, -0.15) is 9.78 Å². The van der Waals surface area contributed by atoms with Crippen molar-refractivity contribution in [2.75, 3.05) is 7.11 Å². The number of nitrogens with two attached hydrogens (primary N) is 1. The highest BCUT2D eigenvalue weighted by Gasteiger charge is 2.19. The number of benzene rings is 3. The Bertz CT molecular complexity index is 1380. The van der Waals surface area contributed by atoms with E-state index in [-0.39, 0.29) is 18.7 Å². The number of halogens is 1. The molecule has 0 aliphatic rings. The van der Waals surface area contributed by atoms with Gasteiger partial charge in [0.2, 0.25) is 0 Å². The fourth-order valence-electron chi connectivity index (χ4n) is 3.57. The van der Waals surface area contributed by atoms with Crippen molar-refractivity contribution in [1.29, 1.82) is 0 Å². The summed E-state index contributed by atoms with van der Waals surface area (Å²) in [4.78, 5) is 26.6. The molecule has 4 aromatic rings. The van der Waals surface area contributed by atoms with E-state index in [9.17, 15) is 14.0 Å². The maximum Gasteiger partial charge on any atom is 0.352 e. The molecule has 7 nitrogen and oxygen atoms in total. The summed E-state index contributed by atoms with van der Waals surface area (Å²) in [7, 11) is 1.51. The molecule has 0 radical (unpaired) electrons. The summed E-state index contributed by atoms with van der Waals surface area (Å²) in [6, 6.07) is 21.5. The monoisotopic (exact) mass is 446 g/mol. The van der Waals surface area contributed by atoms with E-state index in [0.29, 0.717) is 17.0 Å². The Hall–Kier alpha value is -4.04. The average Bonchev–Trinajstić information content (AvgIpc) is 2.85. The van der Waals surface area contributed by atoms with Crippen LogP contribution in [0.25, 0.3) is 5.69 Å². The molecular formula is C25H23FN4O3. The van der Waals surface area contributed by atoms with Crippen molar-refractivity contribution in [3.63, 3.8) is 0 Å². The highest BCUT2D eigenvalue weighted by Crippen LogP contribution is 2.16. The van der Waals surface area contributed by atoms with Gasteiger partial charge in [0.25, 0.3) is 5.56 Å². The Balaban J connectivity index is 1.86. The minimum Gasteiger partial charge on any atom is -0.497 e. The van der Waals surface area contributed by atoms with Crippen LogP contribution in [0.2, 0.25) is 0 Å². The van der Waals surface area contributed by atoms with Crippen LogP contribution in [-0.2, 0) is 13.0 Å². The number of rotatable bonds is 7. The van der Waals surface area contributed by atoms with Gasteiger partial charge in [0.15, 0.2) is 0 Å². The van der Waals surface area contributed by atoms with E-state index >= 15 is 0 Å². The predicted molar refractivity (Wildman–Crippen MR) is 123 cm³/mol. The van der Waals surface area contributed by atoms with Gasteiger partial charge in [0, 0.05) is 18.5 Å². The minimum absolute atomic E-state index is 0.0304. The topological polar surface area (TPSA) is 92.1 Å². The number of nitrogens with zero attached hydrogens (tertiary/aromatic N) is 3. The standard InChI is InChI=1S/C25H23FN4O3/c1-33-20-12-7-11-19(15-20)30-25(32)29(16-22(27)17-8-3-2-4-9-17)24(31)23(28-30)14-18-10-5-6-13-21(18)26/h2-13,15,22H,14,16,27H2,1H3.